The summed E-state index contributed by atoms with van der Waals surface area (Å²) in [5, 5.41) is 8.39. The molecule has 0 aliphatic rings. The van der Waals surface area contributed by atoms with Crippen LogP contribution in [0.15, 0.2) is 0 Å². The Morgan fingerprint density at radius 2 is 1.89 bits per heavy atom. The van der Waals surface area contributed by atoms with E-state index in [-0.39, 0.29) is 30.4 Å². The van der Waals surface area contributed by atoms with E-state index in [9.17, 15) is 9.59 Å². The molecule has 106 valence electrons. The SMILES string of the molecule is COCCCNC(=O)CNC(C)C(=O)NC(C)C. The minimum absolute atomic E-state index is 0.0998. The van der Waals surface area contributed by atoms with Crippen LogP contribution in [0.1, 0.15) is 27.2 Å². The Labute approximate surface area is 109 Å². The molecule has 0 aromatic heterocycles. The monoisotopic (exact) mass is 259 g/mol. The van der Waals surface area contributed by atoms with Crippen molar-refractivity contribution in [2.45, 2.75) is 39.3 Å². The van der Waals surface area contributed by atoms with Crippen LogP contribution in [0, 0.1) is 0 Å². The fraction of sp³-hybridized carbons (Fsp3) is 0.833. The molecule has 1 atom stereocenters. The van der Waals surface area contributed by atoms with Gasteiger partial charge in [-0.15, -0.1) is 0 Å². The molecule has 3 N–H and O–H groups in total. The van der Waals surface area contributed by atoms with Gasteiger partial charge in [-0.2, -0.15) is 0 Å². The second kappa shape index (κ2) is 9.85. The summed E-state index contributed by atoms with van der Waals surface area (Å²) in [4.78, 5) is 23.0. The van der Waals surface area contributed by atoms with Gasteiger partial charge in [-0.1, -0.05) is 0 Å². The standard InChI is InChI=1S/C12H25N3O3/c1-9(2)15-12(17)10(3)14-8-11(16)13-6-5-7-18-4/h9-10,14H,5-8H2,1-4H3,(H,13,16)(H,15,17). The summed E-state index contributed by atoms with van der Waals surface area (Å²) in [5.41, 5.74) is 0. The van der Waals surface area contributed by atoms with E-state index in [0.29, 0.717) is 13.2 Å². The molecule has 6 heteroatoms. The molecular formula is C12H25N3O3. The predicted octanol–water partition coefficient (Wildman–Crippen LogP) is -0.358. The van der Waals surface area contributed by atoms with Crippen LogP contribution in [0.3, 0.4) is 0 Å². The number of ether oxygens (including phenoxy) is 1. The van der Waals surface area contributed by atoms with Crippen molar-refractivity contribution in [3.8, 4) is 0 Å². The number of hydrogen-bond donors (Lipinski definition) is 3. The van der Waals surface area contributed by atoms with E-state index in [1.165, 1.54) is 0 Å². The number of rotatable bonds is 9. The zero-order valence-corrected chi connectivity index (χ0v) is 11.7. The first-order chi connectivity index (χ1) is 8.47. The van der Waals surface area contributed by atoms with Crippen molar-refractivity contribution in [2.24, 2.45) is 0 Å². The summed E-state index contributed by atoms with van der Waals surface area (Å²) in [7, 11) is 1.62. The highest BCUT2D eigenvalue weighted by Crippen LogP contribution is 1.85. The lowest BCUT2D eigenvalue weighted by Crippen LogP contribution is -2.47. The third kappa shape index (κ3) is 8.95. The van der Waals surface area contributed by atoms with Crippen LogP contribution in [-0.2, 0) is 14.3 Å². The number of nitrogens with one attached hydrogen (secondary N) is 3. The Balaban J connectivity index is 3.67. The molecule has 0 saturated carbocycles. The molecule has 0 rings (SSSR count). The Kier molecular flexibility index (Phi) is 9.22. The zero-order valence-electron chi connectivity index (χ0n) is 11.7. The van der Waals surface area contributed by atoms with E-state index >= 15 is 0 Å². The fourth-order valence-corrected chi connectivity index (χ4v) is 1.25. The maximum atomic E-state index is 11.5. The fourth-order valence-electron chi connectivity index (χ4n) is 1.25. The van der Waals surface area contributed by atoms with Gasteiger partial charge in [0.15, 0.2) is 0 Å². The van der Waals surface area contributed by atoms with Crippen LogP contribution < -0.4 is 16.0 Å². The second-order valence-electron chi connectivity index (χ2n) is 4.46. The van der Waals surface area contributed by atoms with Gasteiger partial charge in [-0.05, 0) is 27.2 Å². The minimum atomic E-state index is -0.378. The molecule has 0 aromatic carbocycles. The summed E-state index contributed by atoms with van der Waals surface area (Å²) in [6.07, 6.45) is 0.783. The van der Waals surface area contributed by atoms with Crippen LogP contribution in [0.5, 0.6) is 0 Å². The molecule has 0 aliphatic carbocycles. The van der Waals surface area contributed by atoms with Crippen molar-refractivity contribution >= 4 is 11.8 Å². The Morgan fingerprint density at radius 3 is 2.44 bits per heavy atom. The average molecular weight is 259 g/mol. The van der Waals surface area contributed by atoms with Crippen LogP contribution in [0.4, 0.5) is 0 Å². The van der Waals surface area contributed by atoms with E-state index in [0.717, 1.165) is 6.42 Å². The number of amides is 2. The topological polar surface area (TPSA) is 79.5 Å². The number of hydrogen-bond acceptors (Lipinski definition) is 4. The average Bonchev–Trinajstić information content (AvgIpc) is 2.30. The third-order valence-electron chi connectivity index (χ3n) is 2.24. The molecule has 1 unspecified atom stereocenters. The van der Waals surface area contributed by atoms with Gasteiger partial charge in [-0.25, -0.2) is 0 Å². The van der Waals surface area contributed by atoms with E-state index in [4.69, 9.17) is 4.74 Å². The maximum absolute atomic E-state index is 11.5. The lowest BCUT2D eigenvalue weighted by Gasteiger charge is -2.15. The lowest BCUT2D eigenvalue weighted by atomic mass is 10.3. The van der Waals surface area contributed by atoms with Gasteiger partial charge in [0.25, 0.3) is 0 Å². The first kappa shape index (κ1) is 16.9. The first-order valence-corrected chi connectivity index (χ1v) is 6.26. The van der Waals surface area contributed by atoms with Gasteiger partial charge in [0.1, 0.15) is 0 Å². The van der Waals surface area contributed by atoms with E-state index < -0.39 is 0 Å². The minimum Gasteiger partial charge on any atom is -0.385 e. The number of carbonyl (C=O) groups is 2. The molecule has 0 radical (unpaired) electrons. The van der Waals surface area contributed by atoms with Crippen molar-refractivity contribution in [3.05, 3.63) is 0 Å². The molecule has 0 aliphatic heterocycles. The molecule has 0 aromatic rings. The summed E-state index contributed by atoms with van der Waals surface area (Å²) < 4.78 is 4.87. The largest absolute Gasteiger partial charge is 0.385 e. The molecular weight excluding hydrogens is 234 g/mol. The smallest absolute Gasteiger partial charge is 0.237 e. The van der Waals surface area contributed by atoms with Crippen LogP contribution in [-0.4, -0.2) is 50.7 Å². The van der Waals surface area contributed by atoms with Crippen LogP contribution in [0.25, 0.3) is 0 Å². The quantitative estimate of drug-likeness (QED) is 0.494. The van der Waals surface area contributed by atoms with Crippen LogP contribution >= 0.6 is 0 Å². The third-order valence-corrected chi connectivity index (χ3v) is 2.24. The number of methoxy groups -OCH3 is 1. The van der Waals surface area contributed by atoms with Crippen molar-refractivity contribution in [2.75, 3.05) is 26.8 Å². The number of carbonyl (C=O) groups excluding carboxylic acids is 2. The highest BCUT2D eigenvalue weighted by molar-refractivity contribution is 5.83. The van der Waals surface area contributed by atoms with Gasteiger partial charge < -0.3 is 15.4 Å². The summed E-state index contributed by atoms with van der Waals surface area (Å²) >= 11 is 0. The first-order valence-electron chi connectivity index (χ1n) is 6.26. The second-order valence-corrected chi connectivity index (χ2v) is 4.46. The molecule has 0 spiro atoms. The zero-order chi connectivity index (χ0) is 14.0. The highest BCUT2D eigenvalue weighted by Gasteiger charge is 2.13. The molecule has 0 saturated heterocycles. The molecule has 0 bridgehead atoms. The van der Waals surface area contributed by atoms with Crippen molar-refractivity contribution in [1.29, 1.82) is 0 Å². The summed E-state index contributed by atoms with van der Waals surface area (Å²) in [5.74, 6) is -0.215. The Morgan fingerprint density at radius 1 is 1.22 bits per heavy atom. The normalized spacial score (nSPS) is 12.3. The maximum Gasteiger partial charge on any atom is 0.237 e. The summed E-state index contributed by atoms with van der Waals surface area (Å²) in [6.45, 7) is 6.87. The van der Waals surface area contributed by atoms with Gasteiger partial charge in [0, 0.05) is 26.3 Å². The Hall–Kier alpha value is -1.14. The molecule has 0 fully saturated rings. The highest BCUT2D eigenvalue weighted by atomic mass is 16.5. The van der Waals surface area contributed by atoms with E-state index in [1.807, 2.05) is 13.8 Å². The van der Waals surface area contributed by atoms with Crippen molar-refractivity contribution in [1.82, 2.24) is 16.0 Å². The van der Waals surface area contributed by atoms with Crippen molar-refractivity contribution in [3.63, 3.8) is 0 Å². The van der Waals surface area contributed by atoms with E-state index in [1.54, 1.807) is 14.0 Å². The van der Waals surface area contributed by atoms with Gasteiger partial charge >= 0.3 is 0 Å². The van der Waals surface area contributed by atoms with Gasteiger partial charge in [-0.3, -0.25) is 14.9 Å². The van der Waals surface area contributed by atoms with Crippen molar-refractivity contribution < 1.29 is 14.3 Å². The summed E-state index contributed by atoms with van der Waals surface area (Å²) in [6, 6.07) is -0.276. The molecule has 0 heterocycles. The van der Waals surface area contributed by atoms with E-state index in [2.05, 4.69) is 16.0 Å². The van der Waals surface area contributed by atoms with Crippen LogP contribution in [0.2, 0.25) is 0 Å². The van der Waals surface area contributed by atoms with Gasteiger partial charge in [0.2, 0.25) is 11.8 Å². The molecule has 18 heavy (non-hydrogen) atoms. The predicted molar refractivity (Wildman–Crippen MR) is 70.2 cm³/mol. The lowest BCUT2D eigenvalue weighted by molar-refractivity contribution is -0.123. The molecule has 2 amide bonds. The Bertz CT molecular complexity index is 257. The van der Waals surface area contributed by atoms with Gasteiger partial charge in [0.05, 0.1) is 12.6 Å². The molecule has 6 nitrogen and oxygen atoms in total.